The molecule has 0 atom stereocenters. The first kappa shape index (κ1) is 22.1. The number of benzene rings is 1. The van der Waals surface area contributed by atoms with Gasteiger partial charge in [-0.25, -0.2) is 8.42 Å². The van der Waals surface area contributed by atoms with Gasteiger partial charge >= 0.3 is 6.18 Å². The highest BCUT2D eigenvalue weighted by atomic mass is 32.2. The number of nitrogens with zero attached hydrogens (tertiary/aromatic N) is 1. The molecular weight excluding hydrogens is 391 g/mol. The number of carbonyl (C=O) groups is 1. The molecule has 0 spiro atoms. The number of Topliss-reactive ketones (excluding diaryl/α,β-unsaturated/α-hetero) is 1. The highest BCUT2D eigenvalue weighted by Gasteiger charge is 2.33. The predicted octanol–water partition coefficient (Wildman–Crippen LogP) is 4.47. The molecular formula is C20H22F3NO3S. The van der Waals surface area contributed by atoms with Gasteiger partial charge in [0.05, 0.1) is 28.7 Å². The van der Waals surface area contributed by atoms with Gasteiger partial charge in [0.25, 0.3) is 0 Å². The SMILES string of the molecule is Cc1c(C(F)(F)F)cnc(CC(=O)c2ccc(CS(=O)(=O)C(C)C)cc2)c1C. The van der Waals surface area contributed by atoms with E-state index in [2.05, 4.69) is 4.98 Å². The summed E-state index contributed by atoms with van der Waals surface area (Å²) >= 11 is 0. The van der Waals surface area contributed by atoms with Gasteiger partial charge in [-0.2, -0.15) is 13.2 Å². The summed E-state index contributed by atoms with van der Waals surface area (Å²) < 4.78 is 62.8. The van der Waals surface area contributed by atoms with Gasteiger partial charge in [-0.1, -0.05) is 24.3 Å². The van der Waals surface area contributed by atoms with Crippen molar-refractivity contribution in [1.82, 2.24) is 4.98 Å². The van der Waals surface area contributed by atoms with Gasteiger partial charge in [0.15, 0.2) is 15.6 Å². The maximum atomic E-state index is 12.9. The molecule has 0 amide bonds. The average Bonchev–Trinajstić information content (AvgIpc) is 2.58. The summed E-state index contributed by atoms with van der Waals surface area (Å²) in [5.74, 6) is -0.411. The van der Waals surface area contributed by atoms with E-state index in [1.807, 2.05) is 0 Å². The first-order valence-corrected chi connectivity index (χ1v) is 10.4. The van der Waals surface area contributed by atoms with Crippen LogP contribution in [0.2, 0.25) is 0 Å². The lowest BCUT2D eigenvalue weighted by molar-refractivity contribution is -0.138. The molecule has 1 aromatic heterocycles. The van der Waals surface area contributed by atoms with Gasteiger partial charge in [0.1, 0.15) is 0 Å². The normalized spacial score (nSPS) is 12.4. The van der Waals surface area contributed by atoms with Crippen LogP contribution in [-0.2, 0) is 28.2 Å². The van der Waals surface area contributed by atoms with Gasteiger partial charge in [-0.15, -0.1) is 0 Å². The summed E-state index contributed by atoms with van der Waals surface area (Å²) in [7, 11) is -3.25. The van der Waals surface area contributed by atoms with Crippen molar-refractivity contribution in [3.63, 3.8) is 0 Å². The van der Waals surface area contributed by atoms with Crippen molar-refractivity contribution >= 4 is 15.6 Å². The van der Waals surface area contributed by atoms with Gasteiger partial charge < -0.3 is 0 Å². The number of hydrogen-bond acceptors (Lipinski definition) is 4. The molecule has 0 aliphatic carbocycles. The van der Waals surface area contributed by atoms with Crippen LogP contribution < -0.4 is 0 Å². The fourth-order valence-corrected chi connectivity index (χ4v) is 3.65. The Morgan fingerprint density at radius 3 is 2.14 bits per heavy atom. The number of aromatic nitrogens is 1. The van der Waals surface area contributed by atoms with Crippen molar-refractivity contribution in [3.8, 4) is 0 Å². The molecule has 0 bridgehead atoms. The Bertz CT molecular complexity index is 979. The topological polar surface area (TPSA) is 64.1 Å². The number of sulfone groups is 1. The second-order valence-corrected chi connectivity index (χ2v) is 9.58. The van der Waals surface area contributed by atoms with Crippen molar-refractivity contribution in [2.45, 2.75) is 51.3 Å². The van der Waals surface area contributed by atoms with Crippen LogP contribution in [0, 0.1) is 13.8 Å². The van der Waals surface area contributed by atoms with E-state index < -0.39 is 26.8 Å². The first-order valence-electron chi connectivity index (χ1n) is 8.69. The zero-order valence-corrected chi connectivity index (χ0v) is 16.9. The number of ketones is 1. The molecule has 2 rings (SSSR count). The number of carbonyl (C=O) groups excluding carboxylic acids is 1. The number of hydrogen-bond donors (Lipinski definition) is 0. The zero-order valence-electron chi connectivity index (χ0n) is 16.1. The minimum Gasteiger partial charge on any atom is -0.294 e. The summed E-state index contributed by atoms with van der Waals surface area (Å²) in [6.07, 6.45) is -3.87. The van der Waals surface area contributed by atoms with Crippen LogP contribution in [0.25, 0.3) is 0 Å². The van der Waals surface area contributed by atoms with Crippen LogP contribution in [-0.4, -0.2) is 24.4 Å². The minimum atomic E-state index is -4.49. The molecule has 28 heavy (non-hydrogen) atoms. The number of alkyl halides is 3. The third kappa shape index (κ3) is 4.98. The molecule has 1 aromatic carbocycles. The molecule has 0 N–H and O–H groups in total. The standard InChI is InChI=1S/C20H22F3NO3S/c1-12(2)28(26,27)11-15-5-7-16(8-6-15)19(25)9-18-14(4)13(3)17(10-24-18)20(21,22)23/h5-8,10,12H,9,11H2,1-4H3. The third-order valence-corrected chi connectivity index (χ3v) is 6.92. The van der Waals surface area contributed by atoms with E-state index in [9.17, 15) is 26.4 Å². The Hall–Kier alpha value is -2.22. The van der Waals surface area contributed by atoms with Crippen molar-refractivity contribution in [2.24, 2.45) is 0 Å². The van der Waals surface area contributed by atoms with Crippen LogP contribution in [0.4, 0.5) is 13.2 Å². The highest BCUT2D eigenvalue weighted by Crippen LogP contribution is 2.33. The molecule has 0 unspecified atom stereocenters. The van der Waals surface area contributed by atoms with Crippen molar-refractivity contribution < 1.29 is 26.4 Å². The van der Waals surface area contributed by atoms with Gasteiger partial charge in [-0.3, -0.25) is 9.78 Å². The maximum Gasteiger partial charge on any atom is 0.418 e. The molecule has 1 heterocycles. The van der Waals surface area contributed by atoms with E-state index in [0.29, 0.717) is 22.4 Å². The Morgan fingerprint density at radius 2 is 1.64 bits per heavy atom. The molecule has 0 aliphatic heterocycles. The van der Waals surface area contributed by atoms with E-state index in [0.717, 1.165) is 6.20 Å². The summed E-state index contributed by atoms with van der Waals surface area (Å²) in [6, 6.07) is 6.20. The van der Waals surface area contributed by atoms with Crippen LogP contribution in [0.15, 0.2) is 30.5 Å². The molecule has 152 valence electrons. The summed E-state index contributed by atoms with van der Waals surface area (Å²) in [5, 5.41) is -0.495. The molecule has 0 saturated carbocycles. The van der Waals surface area contributed by atoms with E-state index in [1.165, 1.54) is 26.0 Å². The fraction of sp³-hybridized carbons (Fsp3) is 0.400. The lowest BCUT2D eigenvalue weighted by Crippen LogP contribution is -2.16. The molecule has 0 saturated heterocycles. The Morgan fingerprint density at radius 1 is 1.07 bits per heavy atom. The van der Waals surface area contributed by atoms with Crippen molar-refractivity contribution in [3.05, 3.63) is 64.0 Å². The van der Waals surface area contributed by atoms with Crippen molar-refractivity contribution in [1.29, 1.82) is 0 Å². The second-order valence-electron chi connectivity index (χ2n) is 7.02. The van der Waals surface area contributed by atoms with Crippen LogP contribution in [0.5, 0.6) is 0 Å². The third-order valence-electron chi connectivity index (χ3n) is 4.74. The molecule has 0 fully saturated rings. The monoisotopic (exact) mass is 413 g/mol. The molecule has 8 heteroatoms. The quantitative estimate of drug-likeness (QED) is 0.656. The first-order chi connectivity index (χ1) is 12.8. The van der Waals surface area contributed by atoms with Gasteiger partial charge in [-0.05, 0) is 44.4 Å². The number of halogens is 3. The molecule has 2 aromatic rings. The summed E-state index contributed by atoms with van der Waals surface area (Å²) in [6.45, 7) is 6.08. The van der Waals surface area contributed by atoms with Crippen molar-refractivity contribution in [2.75, 3.05) is 0 Å². The summed E-state index contributed by atoms with van der Waals surface area (Å²) in [4.78, 5) is 16.3. The molecule has 0 radical (unpaired) electrons. The lowest BCUT2D eigenvalue weighted by Gasteiger charge is -2.14. The van der Waals surface area contributed by atoms with Gasteiger partial charge in [0, 0.05) is 11.8 Å². The van der Waals surface area contributed by atoms with Crippen LogP contribution in [0.1, 0.15) is 52.2 Å². The van der Waals surface area contributed by atoms with E-state index in [1.54, 1.807) is 26.0 Å². The highest BCUT2D eigenvalue weighted by molar-refractivity contribution is 7.91. The Labute approximate surface area is 162 Å². The Kier molecular flexibility index (Phi) is 6.33. The second kappa shape index (κ2) is 8.03. The predicted molar refractivity (Wildman–Crippen MR) is 101 cm³/mol. The summed E-state index contributed by atoms with van der Waals surface area (Å²) in [5.41, 5.74) is 0.801. The van der Waals surface area contributed by atoms with E-state index in [-0.39, 0.29) is 23.5 Å². The van der Waals surface area contributed by atoms with E-state index in [4.69, 9.17) is 0 Å². The van der Waals surface area contributed by atoms with Crippen LogP contribution >= 0.6 is 0 Å². The smallest absolute Gasteiger partial charge is 0.294 e. The molecule has 4 nitrogen and oxygen atoms in total. The zero-order chi connectivity index (χ0) is 21.3. The number of pyridine rings is 1. The maximum absolute atomic E-state index is 12.9. The number of rotatable bonds is 6. The minimum absolute atomic E-state index is 0.0551. The van der Waals surface area contributed by atoms with E-state index >= 15 is 0 Å². The van der Waals surface area contributed by atoms with Crippen LogP contribution in [0.3, 0.4) is 0 Å². The lowest BCUT2D eigenvalue weighted by atomic mass is 9.98. The fourth-order valence-electron chi connectivity index (χ4n) is 2.66. The average molecular weight is 413 g/mol. The largest absolute Gasteiger partial charge is 0.418 e. The molecule has 0 aliphatic rings. The van der Waals surface area contributed by atoms with Gasteiger partial charge in [0.2, 0.25) is 0 Å². The Balaban J connectivity index is 2.19.